The number of nitrogens with zero attached hydrogens (tertiary/aromatic N) is 2. The third-order valence-electron chi connectivity index (χ3n) is 2.51. The van der Waals surface area contributed by atoms with Gasteiger partial charge in [-0.3, -0.25) is 14.7 Å². The van der Waals surface area contributed by atoms with E-state index in [1.165, 1.54) is 0 Å². The highest BCUT2D eigenvalue weighted by Crippen LogP contribution is 2.06. The van der Waals surface area contributed by atoms with Crippen LogP contribution in [0.4, 0.5) is 0 Å². The summed E-state index contributed by atoms with van der Waals surface area (Å²) in [5.41, 5.74) is 11.9. The van der Waals surface area contributed by atoms with E-state index in [0.717, 1.165) is 12.1 Å². The largest absolute Gasteiger partial charge is 0.370 e. The summed E-state index contributed by atoms with van der Waals surface area (Å²) in [6.07, 6.45) is 3.78. The van der Waals surface area contributed by atoms with Crippen LogP contribution in [0.5, 0.6) is 0 Å². The maximum atomic E-state index is 10.9. The Hall–Kier alpha value is -1.46. The Morgan fingerprint density at radius 2 is 2.12 bits per heavy atom. The van der Waals surface area contributed by atoms with E-state index < -0.39 is 0 Å². The standard InChI is InChI=1S/C11H18N4O/c1-15(10(7-12)6-11(13)16)8-9-2-4-14-5-3-9/h2-5,10H,6-8,12H2,1H3,(H2,13,16). The molecule has 0 saturated heterocycles. The number of hydrogen-bond donors (Lipinski definition) is 2. The third kappa shape index (κ3) is 3.96. The van der Waals surface area contributed by atoms with E-state index in [-0.39, 0.29) is 18.4 Å². The summed E-state index contributed by atoms with van der Waals surface area (Å²) >= 11 is 0. The molecule has 1 rings (SSSR count). The van der Waals surface area contributed by atoms with Crippen LogP contribution in [0.3, 0.4) is 0 Å². The zero-order valence-corrected chi connectivity index (χ0v) is 9.47. The summed E-state index contributed by atoms with van der Waals surface area (Å²) in [4.78, 5) is 16.8. The Bertz CT molecular complexity index is 328. The van der Waals surface area contributed by atoms with Gasteiger partial charge in [0.2, 0.25) is 5.91 Å². The van der Waals surface area contributed by atoms with Gasteiger partial charge >= 0.3 is 0 Å². The maximum absolute atomic E-state index is 10.9. The molecule has 1 aromatic heterocycles. The number of hydrogen-bond acceptors (Lipinski definition) is 4. The van der Waals surface area contributed by atoms with E-state index >= 15 is 0 Å². The molecule has 0 aromatic carbocycles. The fraction of sp³-hybridized carbons (Fsp3) is 0.455. The SMILES string of the molecule is CN(Cc1ccncc1)C(CN)CC(N)=O. The third-order valence-corrected chi connectivity index (χ3v) is 2.51. The van der Waals surface area contributed by atoms with Crippen LogP contribution in [0.2, 0.25) is 0 Å². The van der Waals surface area contributed by atoms with Crippen LogP contribution in [0.15, 0.2) is 24.5 Å². The maximum Gasteiger partial charge on any atom is 0.219 e. The number of aromatic nitrogens is 1. The highest BCUT2D eigenvalue weighted by atomic mass is 16.1. The van der Waals surface area contributed by atoms with Crippen LogP contribution >= 0.6 is 0 Å². The summed E-state index contributed by atoms with van der Waals surface area (Å²) < 4.78 is 0. The molecule has 5 heteroatoms. The molecule has 1 atom stereocenters. The van der Waals surface area contributed by atoms with Crippen LogP contribution in [0.25, 0.3) is 0 Å². The van der Waals surface area contributed by atoms with Gasteiger partial charge in [0.25, 0.3) is 0 Å². The molecule has 1 amide bonds. The van der Waals surface area contributed by atoms with Gasteiger partial charge in [0.05, 0.1) is 0 Å². The van der Waals surface area contributed by atoms with Crippen molar-refractivity contribution in [1.82, 2.24) is 9.88 Å². The average molecular weight is 222 g/mol. The first-order chi connectivity index (χ1) is 7.63. The molecule has 1 unspecified atom stereocenters. The molecule has 5 nitrogen and oxygen atoms in total. The Kier molecular flexibility index (Phi) is 4.88. The lowest BCUT2D eigenvalue weighted by atomic mass is 10.1. The monoisotopic (exact) mass is 222 g/mol. The number of carbonyl (C=O) groups excluding carboxylic acids is 1. The first kappa shape index (κ1) is 12.6. The molecule has 4 N–H and O–H groups in total. The van der Waals surface area contributed by atoms with Crippen molar-refractivity contribution in [2.24, 2.45) is 11.5 Å². The van der Waals surface area contributed by atoms with Crippen molar-refractivity contribution in [1.29, 1.82) is 0 Å². The minimum Gasteiger partial charge on any atom is -0.370 e. The molecule has 0 spiro atoms. The van der Waals surface area contributed by atoms with Gasteiger partial charge in [0.1, 0.15) is 0 Å². The van der Waals surface area contributed by atoms with Crippen LogP contribution in [0, 0.1) is 0 Å². The highest BCUT2D eigenvalue weighted by Gasteiger charge is 2.15. The van der Waals surface area contributed by atoms with Gasteiger partial charge in [0.15, 0.2) is 0 Å². The molecule has 0 radical (unpaired) electrons. The fourth-order valence-electron chi connectivity index (χ4n) is 1.56. The van der Waals surface area contributed by atoms with E-state index in [9.17, 15) is 4.79 Å². The summed E-state index contributed by atoms with van der Waals surface area (Å²) in [5.74, 6) is -0.322. The van der Waals surface area contributed by atoms with Crippen molar-refractivity contribution < 1.29 is 4.79 Å². The minimum absolute atomic E-state index is 0.00864. The van der Waals surface area contributed by atoms with Crippen LogP contribution in [-0.2, 0) is 11.3 Å². The van der Waals surface area contributed by atoms with E-state index in [2.05, 4.69) is 4.98 Å². The summed E-state index contributed by atoms with van der Waals surface area (Å²) in [5, 5.41) is 0. The van der Waals surface area contributed by atoms with Crippen molar-refractivity contribution in [2.45, 2.75) is 19.0 Å². The van der Waals surface area contributed by atoms with Crippen molar-refractivity contribution in [2.75, 3.05) is 13.6 Å². The lowest BCUT2D eigenvalue weighted by Crippen LogP contribution is -2.40. The molecule has 1 aromatic rings. The van der Waals surface area contributed by atoms with Gasteiger partial charge in [0, 0.05) is 37.9 Å². The Morgan fingerprint density at radius 1 is 1.50 bits per heavy atom. The Labute approximate surface area is 95.4 Å². The summed E-state index contributed by atoms with van der Waals surface area (Å²) in [6, 6.07) is 3.87. The molecule has 0 aliphatic rings. The average Bonchev–Trinajstić information content (AvgIpc) is 2.26. The van der Waals surface area contributed by atoms with Crippen LogP contribution in [-0.4, -0.2) is 35.4 Å². The molecule has 0 saturated carbocycles. The number of rotatable bonds is 6. The summed E-state index contributed by atoms with van der Waals surface area (Å²) in [6.45, 7) is 1.15. The van der Waals surface area contributed by atoms with Gasteiger partial charge in [-0.15, -0.1) is 0 Å². The molecular weight excluding hydrogens is 204 g/mol. The molecule has 0 aliphatic carbocycles. The van der Waals surface area contributed by atoms with E-state index in [4.69, 9.17) is 11.5 Å². The Balaban J connectivity index is 2.55. The zero-order chi connectivity index (χ0) is 12.0. The fourth-order valence-corrected chi connectivity index (χ4v) is 1.56. The minimum atomic E-state index is -0.322. The molecule has 88 valence electrons. The van der Waals surface area contributed by atoms with Gasteiger partial charge in [-0.1, -0.05) is 0 Å². The molecule has 1 heterocycles. The Morgan fingerprint density at radius 3 is 2.62 bits per heavy atom. The first-order valence-electron chi connectivity index (χ1n) is 5.21. The number of amides is 1. The molecular formula is C11H18N4O. The lowest BCUT2D eigenvalue weighted by Gasteiger charge is -2.25. The van der Waals surface area contributed by atoms with Crippen LogP contribution < -0.4 is 11.5 Å². The number of primary amides is 1. The van der Waals surface area contributed by atoms with Crippen LogP contribution in [0.1, 0.15) is 12.0 Å². The van der Waals surface area contributed by atoms with Crippen molar-refractivity contribution in [3.05, 3.63) is 30.1 Å². The van der Waals surface area contributed by atoms with Gasteiger partial charge in [-0.25, -0.2) is 0 Å². The smallest absolute Gasteiger partial charge is 0.219 e. The molecule has 0 bridgehead atoms. The summed E-state index contributed by atoms with van der Waals surface area (Å²) in [7, 11) is 1.93. The second kappa shape index (κ2) is 6.19. The topological polar surface area (TPSA) is 85.2 Å². The number of carbonyl (C=O) groups is 1. The second-order valence-corrected chi connectivity index (χ2v) is 3.83. The number of nitrogens with two attached hydrogens (primary N) is 2. The van der Waals surface area contributed by atoms with Crippen molar-refractivity contribution >= 4 is 5.91 Å². The molecule has 0 aliphatic heterocycles. The quantitative estimate of drug-likeness (QED) is 0.693. The molecule has 0 fully saturated rings. The number of likely N-dealkylation sites (N-methyl/N-ethyl adjacent to an activating group) is 1. The predicted octanol–water partition coefficient (Wildman–Crippen LogP) is -0.284. The van der Waals surface area contributed by atoms with E-state index in [1.54, 1.807) is 12.4 Å². The van der Waals surface area contributed by atoms with E-state index in [1.807, 2.05) is 24.1 Å². The first-order valence-corrected chi connectivity index (χ1v) is 5.21. The van der Waals surface area contributed by atoms with E-state index in [0.29, 0.717) is 6.54 Å². The van der Waals surface area contributed by atoms with Crippen molar-refractivity contribution in [3.8, 4) is 0 Å². The lowest BCUT2D eigenvalue weighted by molar-refractivity contribution is -0.119. The predicted molar refractivity (Wildman–Crippen MR) is 62.4 cm³/mol. The van der Waals surface area contributed by atoms with Gasteiger partial charge < -0.3 is 11.5 Å². The highest BCUT2D eigenvalue weighted by molar-refractivity contribution is 5.74. The number of pyridine rings is 1. The van der Waals surface area contributed by atoms with Gasteiger partial charge in [-0.05, 0) is 24.7 Å². The van der Waals surface area contributed by atoms with Gasteiger partial charge in [-0.2, -0.15) is 0 Å². The second-order valence-electron chi connectivity index (χ2n) is 3.83. The normalized spacial score (nSPS) is 12.7. The zero-order valence-electron chi connectivity index (χ0n) is 9.47. The van der Waals surface area contributed by atoms with Crippen molar-refractivity contribution in [3.63, 3.8) is 0 Å². The molecule has 16 heavy (non-hydrogen) atoms.